The van der Waals surface area contributed by atoms with E-state index in [0.29, 0.717) is 23.4 Å². The SMILES string of the molecule is CCCO[C@H]1CC[C@](C)(N2CCC(Nc3ccccc3O)CC2)CC1. The van der Waals surface area contributed by atoms with E-state index >= 15 is 0 Å². The first-order valence-corrected chi connectivity index (χ1v) is 10.0. The summed E-state index contributed by atoms with van der Waals surface area (Å²) in [4.78, 5) is 2.70. The van der Waals surface area contributed by atoms with Gasteiger partial charge in [0.15, 0.2) is 0 Å². The van der Waals surface area contributed by atoms with Gasteiger partial charge in [-0.25, -0.2) is 0 Å². The van der Waals surface area contributed by atoms with E-state index in [2.05, 4.69) is 24.1 Å². The van der Waals surface area contributed by atoms with Crippen molar-refractivity contribution in [3.63, 3.8) is 0 Å². The molecule has 4 nitrogen and oxygen atoms in total. The van der Waals surface area contributed by atoms with Crippen LogP contribution in [0.25, 0.3) is 0 Å². The van der Waals surface area contributed by atoms with E-state index in [-0.39, 0.29) is 0 Å². The Hall–Kier alpha value is -1.26. The lowest BCUT2D eigenvalue weighted by atomic mass is 9.79. The number of phenolic OH excluding ortho intramolecular Hbond substituents is 1. The van der Waals surface area contributed by atoms with Crippen molar-refractivity contribution in [3.05, 3.63) is 24.3 Å². The van der Waals surface area contributed by atoms with Gasteiger partial charge in [-0.15, -0.1) is 0 Å². The maximum absolute atomic E-state index is 9.94. The number of ether oxygens (including phenoxy) is 1. The number of para-hydroxylation sites is 2. The van der Waals surface area contributed by atoms with E-state index in [4.69, 9.17) is 4.74 Å². The lowest BCUT2D eigenvalue weighted by molar-refractivity contribution is -0.0277. The molecular formula is C21H34N2O2. The summed E-state index contributed by atoms with van der Waals surface area (Å²) < 4.78 is 5.96. The average molecular weight is 347 g/mol. The second kappa shape index (κ2) is 8.41. The van der Waals surface area contributed by atoms with Crippen molar-refractivity contribution in [1.82, 2.24) is 4.90 Å². The Kier molecular flexibility index (Phi) is 6.24. The molecular weight excluding hydrogens is 312 g/mol. The topological polar surface area (TPSA) is 44.7 Å². The third-order valence-electron chi connectivity index (χ3n) is 6.09. The first kappa shape index (κ1) is 18.5. The zero-order valence-corrected chi connectivity index (χ0v) is 15.8. The second-order valence-corrected chi connectivity index (χ2v) is 7.99. The number of likely N-dealkylation sites (tertiary alicyclic amines) is 1. The van der Waals surface area contributed by atoms with Crippen molar-refractivity contribution in [2.75, 3.05) is 25.0 Å². The van der Waals surface area contributed by atoms with Crippen LogP contribution in [-0.2, 0) is 4.74 Å². The second-order valence-electron chi connectivity index (χ2n) is 7.99. The fraction of sp³-hybridized carbons (Fsp3) is 0.714. The number of nitrogens with one attached hydrogen (secondary N) is 1. The van der Waals surface area contributed by atoms with Gasteiger partial charge < -0.3 is 15.2 Å². The van der Waals surface area contributed by atoms with Crippen LogP contribution in [-0.4, -0.2) is 47.4 Å². The highest BCUT2D eigenvalue weighted by Crippen LogP contribution is 2.36. The van der Waals surface area contributed by atoms with Crippen LogP contribution in [0.5, 0.6) is 5.75 Å². The predicted octanol–water partition coefficient (Wildman–Crippen LogP) is 4.40. The van der Waals surface area contributed by atoms with Gasteiger partial charge in [0.1, 0.15) is 5.75 Å². The van der Waals surface area contributed by atoms with Crippen LogP contribution in [0.15, 0.2) is 24.3 Å². The van der Waals surface area contributed by atoms with E-state index in [9.17, 15) is 5.11 Å². The Morgan fingerprint density at radius 2 is 1.84 bits per heavy atom. The average Bonchev–Trinajstić information content (AvgIpc) is 2.64. The molecule has 1 aromatic carbocycles. The number of aromatic hydroxyl groups is 1. The Bertz CT molecular complexity index is 532. The Balaban J connectivity index is 1.46. The molecule has 0 atom stereocenters. The molecule has 0 bridgehead atoms. The van der Waals surface area contributed by atoms with Gasteiger partial charge in [-0.1, -0.05) is 19.1 Å². The number of hydrogen-bond donors (Lipinski definition) is 2. The third-order valence-corrected chi connectivity index (χ3v) is 6.09. The standard InChI is InChI=1S/C21H34N2O2/c1-3-16-25-18-8-12-21(2,13-9-18)23-14-10-17(11-15-23)22-19-6-4-5-7-20(19)24/h4-7,17-18,22,24H,3,8-16H2,1-2H3/t18-,21-. The molecule has 0 amide bonds. The number of phenols is 1. The molecule has 0 unspecified atom stereocenters. The largest absolute Gasteiger partial charge is 0.506 e. The van der Waals surface area contributed by atoms with Crippen LogP contribution >= 0.6 is 0 Å². The molecule has 1 heterocycles. The zero-order chi connectivity index (χ0) is 17.7. The van der Waals surface area contributed by atoms with Crippen LogP contribution in [0.4, 0.5) is 5.69 Å². The minimum atomic E-state index is 0.339. The van der Waals surface area contributed by atoms with Crippen molar-refractivity contribution in [1.29, 1.82) is 0 Å². The van der Waals surface area contributed by atoms with Gasteiger partial charge in [0, 0.05) is 31.3 Å². The molecule has 2 fully saturated rings. The van der Waals surface area contributed by atoms with Gasteiger partial charge in [-0.05, 0) is 64.0 Å². The first-order chi connectivity index (χ1) is 12.1. The fourth-order valence-corrected chi connectivity index (χ4v) is 4.36. The highest BCUT2D eigenvalue weighted by molar-refractivity contribution is 5.55. The smallest absolute Gasteiger partial charge is 0.138 e. The number of hydrogen-bond acceptors (Lipinski definition) is 4. The van der Waals surface area contributed by atoms with Gasteiger partial charge in [0.2, 0.25) is 0 Å². The molecule has 2 N–H and O–H groups in total. The number of rotatable bonds is 6. The van der Waals surface area contributed by atoms with Crippen LogP contribution < -0.4 is 5.32 Å². The van der Waals surface area contributed by atoms with Crippen molar-refractivity contribution in [2.24, 2.45) is 0 Å². The van der Waals surface area contributed by atoms with Crippen molar-refractivity contribution in [3.8, 4) is 5.75 Å². The highest BCUT2D eigenvalue weighted by Gasteiger charge is 2.38. The summed E-state index contributed by atoms with van der Waals surface area (Å²) in [6.45, 7) is 7.81. The van der Waals surface area contributed by atoms with Crippen molar-refractivity contribution < 1.29 is 9.84 Å². The minimum Gasteiger partial charge on any atom is -0.506 e. The monoisotopic (exact) mass is 346 g/mol. The van der Waals surface area contributed by atoms with E-state index in [1.54, 1.807) is 6.07 Å². The Labute approximate surface area is 152 Å². The van der Waals surface area contributed by atoms with Gasteiger partial charge in [-0.3, -0.25) is 4.90 Å². The molecule has 4 heteroatoms. The summed E-state index contributed by atoms with van der Waals surface area (Å²) in [6.07, 6.45) is 8.77. The third kappa shape index (κ3) is 4.68. The number of nitrogens with zero attached hydrogens (tertiary/aromatic N) is 1. The lowest BCUT2D eigenvalue weighted by Crippen LogP contribution is -2.53. The molecule has 1 aromatic rings. The highest BCUT2D eigenvalue weighted by atomic mass is 16.5. The summed E-state index contributed by atoms with van der Waals surface area (Å²) in [5.74, 6) is 0.349. The lowest BCUT2D eigenvalue weighted by Gasteiger charge is -2.48. The van der Waals surface area contributed by atoms with Crippen LogP contribution in [0.2, 0.25) is 0 Å². The maximum Gasteiger partial charge on any atom is 0.138 e. The van der Waals surface area contributed by atoms with E-state index in [1.807, 2.05) is 18.2 Å². The summed E-state index contributed by atoms with van der Waals surface area (Å²) >= 11 is 0. The van der Waals surface area contributed by atoms with Gasteiger partial charge in [0.05, 0.1) is 11.8 Å². The molecule has 25 heavy (non-hydrogen) atoms. The molecule has 0 radical (unpaired) electrons. The molecule has 2 aliphatic rings. The molecule has 1 saturated carbocycles. The summed E-state index contributed by atoms with van der Waals surface area (Å²) in [5.41, 5.74) is 1.20. The van der Waals surface area contributed by atoms with E-state index in [0.717, 1.165) is 44.6 Å². The summed E-state index contributed by atoms with van der Waals surface area (Å²) in [6, 6.07) is 8.00. The van der Waals surface area contributed by atoms with Crippen LogP contribution in [0, 0.1) is 0 Å². The van der Waals surface area contributed by atoms with Crippen LogP contribution in [0.3, 0.4) is 0 Å². The number of benzene rings is 1. The molecule has 3 rings (SSSR count). The Morgan fingerprint density at radius 1 is 1.16 bits per heavy atom. The van der Waals surface area contributed by atoms with Gasteiger partial charge in [-0.2, -0.15) is 0 Å². The Morgan fingerprint density at radius 3 is 2.48 bits per heavy atom. The predicted molar refractivity (Wildman–Crippen MR) is 103 cm³/mol. The number of anilines is 1. The van der Waals surface area contributed by atoms with E-state index < -0.39 is 0 Å². The fourth-order valence-electron chi connectivity index (χ4n) is 4.36. The number of piperidine rings is 1. The molecule has 0 spiro atoms. The summed E-state index contributed by atoms with van der Waals surface area (Å²) in [7, 11) is 0. The minimum absolute atomic E-state index is 0.339. The first-order valence-electron chi connectivity index (χ1n) is 10.0. The quantitative estimate of drug-likeness (QED) is 0.750. The summed E-state index contributed by atoms with van der Waals surface area (Å²) in [5, 5.41) is 13.5. The van der Waals surface area contributed by atoms with E-state index in [1.165, 1.54) is 25.7 Å². The molecule has 1 aliphatic heterocycles. The van der Waals surface area contributed by atoms with Gasteiger partial charge in [0.25, 0.3) is 0 Å². The normalized spacial score (nSPS) is 28.8. The van der Waals surface area contributed by atoms with Gasteiger partial charge >= 0.3 is 0 Å². The van der Waals surface area contributed by atoms with Crippen LogP contribution in [0.1, 0.15) is 58.8 Å². The van der Waals surface area contributed by atoms with Crippen molar-refractivity contribution in [2.45, 2.75) is 76.5 Å². The molecule has 0 aromatic heterocycles. The maximum atomic E-state index is 9.94. The molecule has 1 aliphatic carbocycles. The zero-order valence-electron chi connectivity index (χ0n) is 15.8. The molecule has 1 saturated heterocycles. The van der Waals surface area contributed by atoms with Crippen molar-refractivity contribution >= 4 is 5.69 Å². The molecule has 140 valence electrons.